The first-order chi connectivity index (χ1) is 7.27. The molecular formula is C13H27NO2. The van der Waals surface area contributed by atoms with Crippen molar-refractivity contribution in [2.45, 2.75) is 47.6 Å². The fourth-order valence-corrected chi connectivity index (χ4v) is 2.11. The number of carboxylic acids is 1. The van der Waals surface area contributed by atoms with E-state index >= 15 is 0 Å². The smallest absolute Gasteiger partial charge is 0.320 e. The summed E-state index contributed by atoms with van der Waals surface area (Å²) in [5.41, 5.74) is 0. The Labute approximate surface area is 99.6 Å². The second kappa shape index (κ2) is 6.89. The van der Waals surface area contributed by atoms with Gasteiger partial charge in [-0.25, -0.2) is 0 Å². The second-order valence-electron chi connectivity index (χ2n) is 5.62. The van der Waals surface area contributed by atoms with E-state index in [1.165, 1.54) is 0 Å². The Balaban J connectivity index is 4.32. The SMILES string of the molecule is CC(C)C(CN[C@@H](C(=O)O)C(C)C)C(C)C. The van der Waals surface area contributed by atoms with E-state index in [1.807, 2.05) is 13.8 Å². The van der Waals surface area contributed by atoms with Crippen molar-refractivity contribution < 1.29 is 9.90 Å². The normalized spacial score (nSPS) is 14.1. The summed E-state index contributed by atoms with van der Waals surface area (Å²) < 4.78 is 0. The quantitative estimate of drug-likeness (QED) is 0.705. The minimum atomic E-state index is -0.749. The number of hydrogen-bond acceptors (Lipinski definition) is 2. The highest BCUT2D eigenvalue weighted by Gasteiger charge is 2.24. The fraction of sp³-hybridized carbons (Fsp3) is 0.923. The van der Waals surface area contributed by atoms with Gasteiger partial charge in [-0.3, -0.25) is 4.79 Å². The van der Waals surface area contributed by atoms with Crippen LogP contribution in [0.5, 0.6) is 0 Å². The molecule has 0 bridgehead atoms. The molecule has 0 fully saturated rings. The predicted molar refractivity (Wildman–Crippen MR) is 67.4 cm³/mol. The molecule has 0 amide bonds. The van der Waals surface area contributed by atoms with Crippen LogP contribution in [-0.4, -0.2) is 23.7 Å². The first-order valence-corrected chi connectivity index (χ1v) is 6.23. The molecule has 16 heavy (non-hydrogen) atoms. The van der Waals surface area contributed by atoms with Crippen molar-refractivity contribution in [3.8, 4) is 0 Å². The molecule has 1 atom stereocenters. The lowest BCUT2D eigenvalue weighted by atomic mass is 9.85. The van der Waals surface area contributed by atoms with Gasteiger partial charge in [0.05, 0.1) is 0 Å². The zero-order chi connectivity index (χ0) is 12.9. The fourth-order valence-electron chi connectivity index (χ4n) is 2.11. The average molecular weight is 229 g/mol. The van der Waals surface area contributed by atoms with Gasteiger partial charge < -0.3 is 10.4 Å². The van der Waals surface area contributed by atoms with Gasteiger partial charge in [-0.1, -0.05) is 41.5 Å². The van der Waals surface area contributed by atoms with Crippen LogP contribution in [0.1, 0.15) is 41.5 Å². The molecule has 0 aliphatic rings. The molecular weight excluding hydrogens is 202 g/mol. The summed E-state index contributed by atoms with van der Waals surface area (Å²) in [4.78, 5) is 11.0. The molecule has 0 unspecified atom stereocenters. The minimum Gasteiger partial charge on any atom is -0.480 e. The van der Waals surface area contributed by atoms with Crippen LogP contribution < -0.4 is 5.32 Å². The van der Waals surface area contributed by atoms with E-state index in [1.54, 1.807) is 0 Å². The van der Waals surface area contributed by atoms with E-state index in [0.717, 1.165) is 6.54 Å². The summed E-state index contributed by atoms with van der Waals surface area (Å²) in [5.74, 6) is 1.06. The van der Waals surface area contributed by atoms with Crippen LogP contribution >= 0.6 is 0 Å². The maximum absolute atomic E-state index is 11.0. The first-order valence-electron chi connectivity index (χ1n) is 6.23. The van der Waals surface area contributed by atoms with Crippen molar-refractivity contribution in [1.82, 2.24) is 5.32 Å². The van der Waals surface area contributed by atoms with Gasteiger partial charge in [0.1, 0.15) is 6.04 Å². The minimum absolute atomic E-state index is 0.123. The summed E-state index contributed by atoms with van der Waals surface area (Å²) in [6.07, 6.45) is 0. The molecule has 96 valence electrons. The lowest BCUT2D eigenvalue weighted by molar-refractivity contribution is -0.140. The van der Waals surface area contributed by atoms with Gasteiger partial charge in [0, 0.05) is 0 Å². The zero-order valence-corrected chi connectivity index (χ0v) is 11.4. The van der Waals surface area contributed by atoms with Crippen LogP contribution in [-0.2, 0) is 4.79 Å². The first kappa shape index (κ1) is 15.4. The van der Waals surface area contributed by atoms with Gasteiger partial charge in [0.2, 0.25) is 0 Å². The molecule has 3 heteroatoms. The third-order valence-corrected chi connectivity index (χ3v) is 3.22. The maximum Gasteiger partial charge on any atom is 0.320 e. The van der Waals surface area contributed by atoms with Crippen molar-refractivity contribution in [2.75, 3.05) is 6.54 Å². The summed E-state index contributed by atoms with van der Waals surface area (Å²) in [5, 5.41) is 12.3. The summed E-state index contributed by atoms with van der Waals surface area (Å²) in [7, 11) is 0. The highest BCUT2D eigenvalue weighted by molar-refractivity contribution is 5.73. The number of carbonyl (C=O) groups is 1. The van der Waals surface area contributed by atoms with E-state index in [9.17, 15) is 4.79 Å². The standard InChI is InChI=1S/C13H27NO2/c1-8(2)11(9(3)4)7-14-12(10(5)6)13(15)16/h8-12,14H,7H2,1-6H3,(H,15,16)/t12-/m1/s1. The van der Waals surface area contributed by atoms with Crippen LogP contribution in [0.15, 0.2) is 0 Å². The molecule has 0 aliphatic heterocycles. The Kier molecular flexibility index (Phi) is 6.65. The van der Waals surface area contributed by atoms with Crippen LogP contribution in [0.3, 0.4) is 0 Å². The van der Waals surface area contributed by atoms with Crippen molar-refractivity contribution in [3.63, 3.8) is 0 Å². The van der Waals surface area contributed by atoms with E-state index in [-0.39, 0.29) is 5.92 Å². The molecule has 2 N–H and O–H groups in total. The summed E-state index contributed by atoms with van der Waals surface area (Å²) in [6.45, 7) is 13.4. The van der Waals surface area contributed by atoms with Crippen LogP contribution in [0.2, 0.25) is 0 Å². The molecule has 0 spiro atoms. The highest BCUT2D eigenvalue weighted by atomic mass is 16.4. The van der Waals surface area contributed by atoms with Gasteiger partial charge in [-0.15, -0.1) is 0 Å². The molecule has 0 aromatic carbocycles. The van der Waals surface area contributed by atoms with Crippen LogP contribution in [0.4, 0.5) is 0 Å². The Morgan fingerprint density at radius 2 is 1.44 bits per heavy atom. The van der Waals surface area contributed by atoms with Gasteiger partial charge in [0.15, 0.2) is 0 Å². The van der Waals surface area contributed by atoms with Gasteiger partial charge >= 0.3 is 5.97 Å². The van der Waals surface area contributed by atoms with Gasteiger partial charge in [-0.05, 0) is 30.2 Å². The summed E-state index contributed by atoms with van der Waals surface area (Å²) >= 11 is 0. The monoisotopic (exact) mass is 229 g/mol. The average Bonchev–Trinajstić information content (AvgIpc) is 2.09. The predicted octanol–water partition coefficient (Wildman–Crippen LogP) is 2.61. The zero-order valence-electron chi connectivity index (χ0n) is 11.4. The molecule has 0 rings (SSSR count). The molecule has 0 aliphatic carbocycles. The van der Waals surface area contributed by atoms with Crippen molar-refractivity contribution in [1.29, 1.82) is 0 Å². The van der Waals surface area contributed by atoms with Crippen LogP contribution in [0, 0.1) is 23.7 Å². The Hall–Kier alpha value is -0.570. The number of carboxylic acid groups (broad SMARTS) is 1. The van der Waals surface area contributed by atoms with E-state index in [0.29, 0.717) is 17.8 Å². The molecule has 0 aromatic heterocycles. The highest BCUT2D eigenvalue weighted by Crippen LogP contribution is 2.20. The molecule has 0 aromatic rings. The summed E-state index contributed by atoms with van der Waals surface area (Å²) in [6, 6.07) is -0.431. The van der Waals surface area contributed by atoms with E-state index in [2.05, 4.69) is 33.0 Å². The van der Waals surface area contributed by atoms with Gasteiger partial charge in [0.25, 0.3) is 0 Å². The van der Waals surface area contributed by atoms with Crippen molar-refractivity contribution >= 4 is 5.97 Å². The van der Waals surface area contributed by atoms with E-state index in [4.69, 9.17) is 5.11 Å². The molecule has 3 nitrogen and oxygen atoms in total. The molecule has 0 saturated carbocycles. The van der Waals surface area contributed by atoms with Crippen LogP contribution in [0.25, 0.3) is 0 Å². The number of rotatable bonds is 7. The number of nitrogens with one attached hydrogen (secondary N) is 1. The molecule has 0 radical (unpaired) electrons. The third kappa shape index (κ3) is 4.97. The lowest BCUT2D eigenvalue weighted by Gasteiger charge is -2.28. The van der Waals surface area contributed by atoms with E-state index < -0.39 is 12.0 Å². The Morgan fingerprint density at radius 3 is 1.69 bits per heavy atom. The Bertz CT molecular complexity index is 204. The van der Waals surface area contributed by atoms with Crippen molar-refractivity contribution in [2.24, 2.45) is 23.7 Å². The third-order valence-electron chi connectivity index (χ3n) is 3.22. The molecule has 0 saturated heterocycles. The topological polar surface area (TPSA) is 49.3 Å². The largest absolute Gasteiger partial charge is 0.480 e. The lowest BCUT2D eigenvalue weighted by Crippen LogP contribution is -2.44. The number of hydrogen-bond donors (Lipinski definition) is 2. The van der Waals surface area contributed by atoms with Gasteiger partial charge in [-0.2, -0.15) is 0 Å². The number of aliphatic carboxylic acids is 1. The maximum atomic E-state index is 11.0. The molecule has 0 heterocycles. The van der Waals surface area contributed by atoms with Crippen molar-refractivity contribution in [3.05, 3.63) is 0 Å². The Morgan fingerprint density at radius 1 is 1.00 bits per heavy atom. The second-order valence-corrected chi connectivity index (χ2v) is 5.62.